The Labute approximate surface area is 112 Å². The van der Waals surface area contributed by atoms with E-state index in [1.165, 1.54) is 30.4 Å². The molecule has 3 rings (SSSR count). The van der Waals surface area contributed by atoms with E-state index in [1.54, 1.807) is 0 Å². The first-order valence-corrected chi connectivity index (χ1v) is 6.94. The van der Waals surface area contributed by atoms with Gasteiger partial charge in [0.2, 0.25) is 6.79 Å². The lowest BCUT2D eigenvalue weighted by Crippen LogP contribution is -2.35. The van der Waals surface area contributed by atoms with Crippen molar-refractivity contribution in [2.24, 2.45) is 0 Å². The lowest BCUT2D eigenvalue weighted by molar-refractivity contribution is 0.174. The minimum atomic E-state index is 0.277. The molecule has 0 amide bonds. The number of nitrogens with one attached hydrogen (secondary N) is 1. The van der Waals surface area contributed by atoms with Gasteiger partial charge >= 0.3 is 0 Å². The summed E-state index contributed by atoms with van der Waals surface area (Å²) in [5, 5.41) is 4.29. The largest absolute Gasteiger partial charge is 0.454 e. The Morgan fingerprint density at radius 2 is 2.28 bits per heavy atom. The molecule has 18 heavy (non-hydrogen) atoms. The van der Waals surface area contributed by atoms with Crippen LogP contribution in [0.5, 0.6) is 11.5 Å². The second kappa shape index (κ2) is 4.98. The molecule has 2 aliphatic heterocycles. The van der Waals surface area contributed by atoms with E-state index in [0.29, 0.717) is 11.8 Å². The van der Waals surface area contributed by atoms with E-state index in [4.69, 9.17) is 21.1 Å². The fourth-order valence-electron chi connectivity index (χ4n) is 2.76. The summed E-state index contributed by atoms with van der Waals surface area (Å²) in [7, 11) is 0. The molecule has 0 saturated carbocycles. The number of hydrogen-bond donors (Lipinski definition) is 1. The van der Waals surface area contributed by atoms with Crippen LogP contribution in [0.2, 0.25) is 5.02 Å². The molecule has 3 nitrogen and oxygen atoms in total. The molecule has 2 aliphatic rings. The lowest BCUT2D eigenvalue weighted by Gasteiger charge is -2.24. The first-order valence-electron chi connectivity index (χ1n) is 6.56. The van der Waals surface area contributed by atoms with E-state index in [-0.39, 0.29) is 6.79 Å². The maximum absolute atomic E-state index is 6.45. The zero-order valence-corrected chi connectivity index (χ0v) is 11.3. The van der Waals surface area contributed by atoms with E-state index >= 15 is 0 Å². The van der Waals surface area contributed by atoms with Gasteiger partial charge < -0.3 is 14.8 Å². The number of aryl methyl sites for hydroxylation is 1. The second-order valence-electron chi connectivity index (χ2n) is 5.07. The average molecular weight is 268 g/mol. The van der Waals surface area contributed by atoms with Crippen molar-refractivity contribution in [1.82, 2.24) is 5.32 Å². The molecule has 4 heteroatoms. The molecule has 1 aromatic carbocycles. The summed E-state index contributed by atoms with van der Waals surface area (Å²) in [5.41, 5.74) is 2.39. The molecule has 2 heterocycles. The van der Waals surface area contributed by atoms with E-state index < -0.39 is 0 Å². The third-order valence-electron chi connectivity index (χ3n) is 3.79. The van der Waals surface area contributed by atoms with Crippen LogP contribution in [-0.2, 0) is 6.42 Å². The van der Waals surface area contributed by atoms with Gasteiger partial charge in [-0.2, -0.15) is 0 Å². The highest BCUT2D eigenvalue weighted by Crippen LogP contribution is 2.43. The molecule has 1 N–H and O–H groups in total. The maximum atomic E-state index is 6.45. The highest BCUT2D eigenvalue weighted by atomic mass is 35.5. The average Bonchev–Trinajstić information content (AvgIpc) is 2.84. The summed E-state index contributed by atoms with van der Waals surface area (Å²) in [6.07, 6.45) is 4.79. The van der Waals surface area contributed by atoms with Crippen molar-refractivity contribution in [3.63, 3.8) is 0 Å². The SMILES string of the molecule is Cc1cc2c(c(Cl)c1CC1CCCCN1)OCO2. The molecule has 0 bridgehead atoms. The molecule has 0 aromatic heterocycles. The summed E-state index contributed by atoms with van der Waals surface area (Å²) in [6.45, 7) is 3.48. The number of halogens is 1. The van der Waals surface area contributed by atoms with Gasteiger partial charge in [-0.15, -0.1) is 0 Å². The number of rotatable bonds is 2. The number of ether oxygens (including phenoxy) is 2. The Morgan fingerprint density at radius 1 is 1.39 bits per heavy atom. The summed E-state index contributed by atoms with van der Waals surface area (Å²) in [5.74, 6) is 1.49. The van der Waals surface area contributed by atoms with Crippen molar-refractivity contribution < 1.29 is 9.47 Å². The zero-order valence-electron chi connectivity index (χ0n) is 10.6. The van der Waals surface area contributed by atoms with Gasteiger partial charge in [0.1, 0.15) is 0 Å². The fourth-order valence-corrected chi connectivity index (χ4v) is 3.13. The molecule has 1 aromatic rings. The van der Waals surface area contributed by atoms with Crippen LogP contribution in [-0.4, -0.2) is 19.4 Å². The fraction of sp³-hybridized carbons (Fsp3) is 0.571. The van der Waals surface area contributed by atoms with Crippen molar-refractivity contribution in [3.05, 3.63) is 22.2 Å². The Hall–Kier alpha value is -0.930. The van der Waals surface area contributed by atoms with Gasteiger partial charge in [0.15, 0.2) is 11.5 Å². The summed E-state index contributed by atoms with van der Waals surface area (Å²) < 4.78 is 10.8. The van der Waals surface area contributed by atoms with E-state index in [2.05, 4.69) is 12.2 Å². The van der Waals surface area contributed by atoms with Gasteiger partial charge in [-0.1, -0.05) is 18.0 Å². The van der Waals surface area contributed by atoms with Crippen molar-refractivity contribution in [1.29, 1.82) is 0 Å². The Morgan fingerprint density at radius 3 is 3.06 bits per heavy atom. The van der Waals surface area contributed by atoms with Crippen LogP contribution in [0, 0.1) is 6.92 Å². The van der Waals surface area contributed by atoms with Gasteiger partial charge in [-0.05, 0) is 49.9 Å². The van der Waals surface area contributed by atoms with Gasteiger partial charge in [0, 0.05) is 6.04 Å². The zero-order chi connectivity index (χ0) is 12.5. The summed E-state index contributed by atoms with van der Waals surface area (Å²) in [6, 6.07) is 2.57. The standard InChI is InChI=1S/C14H18ClNO2/c1-9-6-12-14(18-8-17-12)13(15)11(9)7-10-4-2-3-5-16-10/h6,10,16H,2-5,7-8H2,1H3. The van der Waals surface area contributed by atoms with Crippen molar-refractivity contribution in [2.75, 3.05) is 13.3 Å². The Balaban J connectivity index is 1.87. The molecule has 0 aliphatic carbocycles. The molecule has 0 radical (unpaired) electrons. The Kier molecular flexibility index (Phi) is 3.35. The maximum Gasteiger partial charge on any atom is 0.231 e. The third-order valence-corrected chi connectivity index (χ3v) is 4.19. The molecule has 1 saturated heterocycles. The first-order chi connectivity index (χ1) is 8.75. The molecule has 1 atom stereocenters. The molecule has 1 unspecified atom stereocenters. The highest BCUT2D eigenvalue weighted by molar-refractivity contribution is 6.33. The van der Waals surface area contributed by atoms with E-state index in [9.17, 15) is 0 Å². The summed E-state index contributed by atoms with van der Waals surface area (Å²) >= 11 is 6.45. The second-order valence-corrected chi connectivity index (χ2v) is 5.45. The predicted molar refractivity (Wildman–Crippen MR) is 71.7 cm³/mol. The van der Waals surface area contributed by atoms with Gasteiger partial charge in [-0.25, -0.2) is 0 Å². The van der Waals surface area contributed by atoms with E-state index in [0.717, 1.165) is 23.7 Å². The number of piperidine rings is 1. The van der Waals surface area contributed by atoms with Crippen LogP contribution in [0.1, 0.15) is 30.4 Å². The van der Waals surface area contributed by atoms with E-state index in [1.807, 2.05) is 6.07 Å². The molecule has 98 valence electrons. The number of benzene rings is 1. The van der Waals surface area contributed by atoms with Crippen molar-refractivity contribution in [2.45, 2.75) is 38.6 Å². The molecule has 1 fully saturated rings. The molecule has 0 spiro atoms. The van der Waals surface area contributed by atoms with Crippen molar-refractivity contribution >= 4 is 11.6 Å². The quantitative estimate of drug-likeness (QED) is 0.893. The third kappa shape index (κ3) is 2.17. The molecular weight excluding hydrogens is 250 g/mol. The van der Waals surface area contributed by atoms with Crippen molar-refractivity contribution in [3.8, 4) is 11.5 Å². The van der Waals surface area contributed by atoms with Crippen LogP contribution in [0.4, 0.5) is 0 Å². The van der Waals surface area contributed by atoms with Crippen LogP contribution >= 0.6 is 11.6 Å². The predicted octanol–water partition coefficient (Wildman–Crippen LogP) is 3.06. The number of hydrogen-bond acceptors (Lipinski definition) is 3. The van der Waals surface area contributed by atoms with Gasteiger partial charge in [0.25, 0.3) is 0 Å². The smallest absolute Gasteiger partial charge is 0.231 e. The van der Waals surface area contributed by atoms with Crippen LogP contribution in [0.15, 0.2) is 6.07 Å². The van der Waals surface area contributed by atoms with Crippen LogP contribution < -0.4 is 14.8 Å². The number of fused-ring (bicyclic) bond motifs is 1. The highest BCUT2D eigenvalue weighted by Gasteiger charge is 2.24. The first kappa shape index (κ1) is 12.1. The lowest BCUT2D eigenvalue weighted by atomic mass is 9.95. The minimum absolute atomic E-state index is 0.277. The molecular formula is C14H18ClNO2. The van der Waals surface area contributed by atoms with Gasteiger partial charge in [0.05, 0.1) is 5.02 Å². The summed E-state index contributed by atoms with van der Waals surface area (Å²) in [4.78, 5) is 0. The Bertz CT molecular complexity index is 456. The van der Waals surface area contributed by atoms with Gasteiger partial charge in [-0.3, -0.25) is 0 Å². The van der Waals surface area contributed by atoms with Crippen LogP contribution in [0.3, 0.4) is 0 Å². The topological polar surface area (TPSA) is 30.5 Å². The monoisotopic (exact) mass is 267 g/mol. The normalized spacial score (nSPS) is 22.2. The minimum Gasteiger partial charge on any atom is -0.454 e. The van der Waals surface area contributed by atoms with Crippen LogP contribution in [0.25, 0.3) is 0 Å².